The highest BCUT2D eigenvalue weighted by Crippen LogP contribution is 2.37. The quantitative estimate of drug-likeness (QED) is 0.866. The Morgan fingerprint density at radius 1 is 1.41 bits per heavy atom. The smallest absolute Gasteiger partial charge is 0.335 e. The summed E-state index contributed by atoms with van der Waals surface area (Å²) in [6, 6.07) is 2.16. The first kappa shape index (κ1) is 16.5. The van der Waals surface area contributed by atoms with Gasteiger partial charge in [-0.15, -0.1) is 11.3 Å². The van der Waals surface area contributed by atoms with E-state index in [1.54, 1.807) is 0 Å². The summed E-state index contributed by atoms with van der Waals surface area (Å²) in [5.74, 6) is -1.59. The first-order valence-electron chi connectivity index (χ1n) is 7.07. The minimum atomic E-state index is -1.43. The third-order valence-electron chi connectivity index (χ3n) is 3.62. The van der Waals surface area contributed by atoms with Gasteiger partial charge in [-0.1, -0.05) is 0 Å². The van der Waals surface area contributed by atoms with Crippen LogP contribution in [0, 0.1) is 11.3 Å². The molecule has 0 spiro atoms. The Labute approximate surface area is 132 Å². The molecule has 1 aromatic rings. The molecular weight excluding hydrogens is 304 g/mol. The summed E-state index contributed by atoms with van der Waals surface area (Å²) < 4.78 is 5.11. The predicted octanol–water partition coefficient (Wildman–Crippen LogP) is 2.32. The van der Waals surface area contributed by atoms with Crippen molar-refractivity contribution in [1.29, 1.82) is 5.26 Å². The molecular formula is C15H18N2O4S. The number of nitrogens with one attached hydrogen (secondary N) is 1. The number of hydrogen-bond acceptors (Lipinski definition) is 5. The van der Waals surface area contributed by atoms with E-state index in [0.717, 1.165) is 36.1 Å². The minimum absolute atomic E-state index is 0.368. The van der Waals surface area contributed by atoms with Crippen LogP contribution in [0.5, 0.6) is 0 Å². The Hall–Kier alpha value is -1.91. The zero-order chi connectivity index (χ0) is 16.3. The van der Waals surface area contributed by atoms with Gasteiger partial charge in [0.1, 0.15) is 17.7 Å². The average molecular weight is 322 g/mol. The first-order valence-corrected chi connectivity index (χ1v) is 7.88. The van der Waals surface area contributed by atoms with Crippen molar-refractivity contribution in [3.05, 3.63) is 16.0 Å². The number of nitrogens with zero attached hydrogens (tertiary/aromatic N) is 1. The number of fused-ring (bicyclic) bond motifs is 1. The topological polar surface area (TPSA) is 99.4 Å². The Morgan fingerprint density at radius 2 is 2.09 bits per heavy atom. The van der Waals surface area contributed by atoms with E-state index in [2.05, 4.69) is 11.4 Å². The molecule has 7 heteroatoms. The molecule has 1 aliphatic carbocycles. The zero-order valence-electron chi connectivity index (χ0n) is 12.6. The number of anilines is 1. The number of carbonyl (C=O) groups is 2. The average Bonchev–Trinajstić information content (AvgIpc) is 2.82. The summed E-state index contributed by atoms with van der Waals surface area (Å²) >= 11 is 1.43. The molecule has 0 bridgehead atoms. The van der Waals surface area contributed by atoms with Crippen molar-refractivity contribution in [2.75, 3.05) is 11.9 Å². The van der Waals surface area contributed by atoms with E-state index in [9.17, 15) is 14.9 Å². The second kappa shape index (κ2) is 6.46. The Kier molecular flexibility index (Phi) is 4.84. The highest BCUT2D eigenvalue weighted by Gasteiger charge is 2.29. The van der Waals surface area contributed by atoms with E-state index in [-0.39, 0.29) is 6.61 Å². The van der Waals surface area contributed by atoms with E-state index in [0.29, 0.717) is 10.6 Å². The van der Waals surface area contributed by atoms with Gasteiger partial charge in [0.15, 0.2) is 5.60 Å². The van der Waals surface area contributed by atoms with Gasteiger partial charge in [-0.2, -0.15) is 5.26 Å². The largest absolute Gasteiger partial charge is 0.479 e. The Balaban J connectivity index is 2.05. The van der Waals surface area contributed by atoms with Crippen LogP contribution in [0.15, 0.2) is 0 Å². The molecule has 118 valence electrons. The molecule has 0 radical (unpaired) electrons. The van der Waals surface area contributed by atoms with Crippen molar-refractivity contribution < 1.29 is 19.4 Å². The van der Waals surface area contributed by atoms with Crippen molar-refractivity contribution in [3.63, 3.8) is 0 Å². The molecule has 0 atom stereocenters. The molecule has 6 nitrogen and oxygen atoms in total. The van der Waals surface area contributed by atoms with E-state index < -0.39 is 17.5 Å². The summed E-state index contributed by atoms with van der Waals surface area (Å²) in [5, 5.41) is 21.5. The summed E-state index contributed by atoms with van der Waals surface area (Å²) in [7, 11) is 0. The molecule has 0 aliphatic heterocycles. The van der Waals surface area contributed by atoms with Gasteiger partial charge in [0.2, 0.25) is 0 Å². The number of aliphatic carboxylic acids is 1. The SMILES string of the molecule is CC(C)(OCC(=O)Nc1sc2c(c1C#N)CCCC2)C(=O)O. The first-order chi connectivity index (χ1) is 10.3. The van der Waals surface area contributed by atoms with Crippen molar-refractivity contribution in [2.24, 2.45) is 0 Å². The number of nitriles is 1. The predicted molar refractivity (Wildman–Crippen MR) is 82.0 cm³/mol. The molecule has 1 amide bonds. The zero-order valence-corrected chi connectivity index (χ0v) is 13.4. The summed E-state index contributed by atoms with van der Waals surface area (Å²) in [6.45, 7) is 2.40. The molecule has 2 N–H and O–H groups in total. The van der Waals surface area contributed by atoms with Crippen molar-refractivity contribution >= 4 is 28.2 Å². The highest BCUT2D eigenvalue weighted by atomic mass is 32.1. The maximum absolute atomic E-state index is 11.9. The summed E-state index contributed by atoms with van der Waals surface area (Å²) in [6.07, 6.45) is 3.96. The number of thiophene rings is 1. The molecule has 2 rings (SSSR count). The summed E-state index contributed by atoms with van der Waals surface area (Å²) in [5.41, 5.74) is 0.149. The molecule has 0 unspecified atom stereocenters. The number of amides is 1. The monoisotopic (exact) mass is 322 g/mol. The molecule has 22 heavy (non-hydrogen) atoms. The molecule has 1 aliphatic rings. The standard InChI is InChI=1S/C15H18N2O4S/c1-15(2,14(19)20)21-8-12(18)17-13-10(7-16)9-5-3-4-6-11(9)22-13/h3-6,8H2,1-2H3,(H,17,18)(H,19,20). The molecule has 0 fully saturated rings. The lowest BCUT2D eigenvalue weighted by atomic mass is 9.96. The van der Waals surface area contributed by atoms with Crippen LogP contribution in [0.25, 0.3) is 0 Å². The second-order valence-electron chi connectivity index (χ2n) is 5.68. The number of carboxylic acids is 1. The number of hydrogen-bond donors (Lipinski definition) is 2. The third kappa shape index (κ3) is 3.46. The van der Waals surface area contributed by atoms with Gasteiger partial charge >= 0.3 is 5.97 Å². The fourth-order valence-corrected chi connectivity index (χ4v) is 3.50. The van der Waals surface area contributed by atoms with E-state index >= 15 is 0 Å². The number of carboxylic acid groups (broad SMARTS) is 1. The fourth-order valence-electron chi connectivity index (χ4n) is 2.24. The van der Waals surface area contributed by atoms with Crippen molar-refractivity contribution in [2.45, 2.75) is 45.1 Å². The second-order valence-corrected chi connectivity index (χ2v) is 6.78. The normalized spacial score (nSPS) is 14.0. The van der Waals surface area contributed by atoms with Gasteiger partial charge in [-0.25, -0.2) is 4.79 Å². The van der Waals surface area contributed by atoms with Crippen molar-refractivity contribution in [3.8, 4) is 6.07 Å². The van der Waals surface area contributed by atoms with Crippen LogP contribution in [0.3, 0.4) is 0 Å². The van der Waals surface area contributed by atoms with Gasteiger partial charge in [0, 0.05) is 4.88 Å². The van der Waals surface area contributed by atoms with E-state index in [4.69, 9.17) is 9.84 Å². The van der Waals surface area contributed by atoms with Crippen LogP contribution >= 0.6 is 11.3 Å². The van der Waals surface area contributed by atoms with Crippen LogP contribution in [0.2, 0.25) is 0 Å². The van der Waals surface area contributed by atoms with E-state index in [1.807, 2.05) is 0 Å². The lowest BCUT2D eigenvalue weighted by Crippen LogP contribution is -2.37. The molecule has 0 aromatic carbocycles. The van der Waals surface area contributed by atoms with E-state index in [1.165, 1.54) is 25.2 Å². The summed E-state index contributed by atoms with van der Waals surface area (Å²) in [4.78, 5) is 24.0. The number of carbonyl (C=O) groups excluding carboxylic acids is 1. The lowest BCUT2D eigenvalue weighted by molar-refractivity contribution is -0.162. The lowest BCUT2D eigenvalue weighted by Gasteiger charge is -2.19. The number of ether oxygens (including phenoxy) is 1. The Bertz CT molecular complexity index is 643. The number of aryl methyl sites for hydroxylation is 1. The molecule has 0 saturated heterocycles. The third-order valence-corrected chi connectivity index (χ3v) is 4.82. The maximum Gasteiger partial charge on any atom is 0.335 e. The maximum atomic E-state index is 11.9. The molecule has 0 saturated carbocycles. The highest BCUT2D eigenvalue weighted by molar-refractivity contribution is 7.16. The Morgan fingerprint density at radius 3 is 2.73 bits per heavy atom. The van der Waals surface area contributed by atoms with Gasteiger partial charge < -0.3 is 15.2 Å². The van der Waals surface area contributed by atoms with Gasteiger partial charge in [-0.05, 0) is 45.1 Å². The van der Waals surface area contributed by atoms with Crippen LogP contribution in [-0.4, -0.2) is 29.2 Å². The molecule has 1 heterocycles. The van der Waals surface area contributed by atoms with Crippen LogP contribution in [0.1, 0.15) is 42.7 Å². The van der Waals surface area contributed by atoms with Gasteiger partial charge in [0.05, 0.1) is 5.56 Å². The van der Waals surface area contributed by atoms with Crippen LogP contribution in [0.4, 0.5) is 5.00 Å². The van der Waals surface area contributed by atoms with Gasteiger partial charge in [0.25, 0.3) is 5.91 Å². The van der Waals surface area contributed by atoms with Crippen LogP contribution < -0.4 is 5.32 Å². The minimum Gasteiger partial charge on any atom is -0.479 e. The number of rotatable bonds is 5. The van der Waals surface area contributed by atoms with Gasteiger partial charge in [-0.3, -0.25) is 4.79 Å². The molecule has 1 aromatic heterocycles. The van der Waals surface area contributed by atoms with Crippen molar-refractivity contribution in [1.82, 2.24) is 0 Å². The van der Waals surface area contributed by atoms with Crippen LogP contribution in [-0.2, 0) is 27.2 Å². The fraction of sp³-hybridized carbons (Fsp3) is 0.533.